The van der Waals surface area contributed by atoms with E-state index in [1.807, 2.05) is 24.8 Å². The van der Waals surface area contributed by atoms with Gasteiger partial charge in [-0.1, -0.05) is 0 Å². The third-order valence-corrected chi connectivity index (χ3v) is 4.47. The molecule has 98 valence electrons. The van der Waals surface area contributed by atoms with Gasteiger partial charge in [-0.3, -0.25) is 4.79 Å². The van der Waals surface area contributed by atoms with Crippen molar-refractivity contribution in [3.63, 3.8) is 0 Å². The summed E-state index contributed by atoms with van der Waals surface area (Å²) < 4.78 is 5.46. The van der Waals surface area contributed by atoms with E-state index >= 15 is 0 Å². The summed E-state index contributed by atoms with van der Waals surface area (Å²) in [6, 6.07) is 2.18. The number of aryl methyl sites for hydroxylation is 2. The van der Waals surface area contributed by atoms with Gasteiger partial charge in [-0.2, -0.15) is 0 Å². The van der Waals surface area contributed by atoms with E-state index in [1.54, 1.807) is 0 Å². The Morgan fingerprint density at radius 3 is 2.83 bits per heavy atom. The number of nitrogens with zero attached hydrogens (tertiary/aromatic N) is 1. The summed E-state index contributed by atoms with van der Waals surface area (Å²) in [5.74, 6) is 2.91. The Balaban J connectivity index is 1.83. The van der Waals surface area contributed by atoms with E-state index in [-0.39, 0.29) is 5.91 Å². The van der Waals surface area contributed by atoms with Crippen molar-refractivity contribution in [3.8, 4) is 0 Å². The molecule has 0 bridgehead atoms. The molecule has 18 heavy (non-hydrogen) atoms. The van der Waals surface area contributed by atoms with E-state index < -0.39 is 0 Å². The Morgan fingerprint density at radius 2 is 2.22 bits per heavy atom. The number of furan rings is 1. The fraction of sp³-hybridized carbons (Fsp3) is 0.643. The molecule has 3 unspecified atom stereocenters. The monoisotopic (exact) mass is 248 g/mol. The second-order valence-electron chi connectivity index (χ2n) is 5.61. The number of carbonyl (C=O) groups is 1. The second kappa shape index (κ2) is 4.12. The summed E-state index contributed by atoms with van der Waals surface area (Å²) in [5.41, 5.74) is 0.729. The lowest BCUT2D eigenvalue weighted by Crippen LogP contribution is -2.38. The van der Waals surface area contributed by atoms with Crippen LogP contribution in [-0.4, -0.2) is 36.5 Å². The van der Waals surface area contributed by atoms with Gasteiger partial charge in [0.15, 0.2) is 0 Å². The predicted octanol–water partition coefficient (Wildman–Crippen LogP) is 1.58. The minimum atomic E-state index is 0.131. The topological polar surface area (TPSA) is 45.5 Å². The lowest BCUT2D eigenvalue weighted by atomic mass is 9.95. The molecule has 2 fully saturated rings. The first-order valence-electron chi connectivity index (χ1n) is 6.66. The average molecular weight is 248 g/mol. The van der Waals surface area contributed by atoms with Gasteiger partial charge >= 0.3 is 0 Å². The van der Waals surface area contributed by atoms with Gasteiger partial charge in [-0.05, 0) is 38.7 Å². The molecule has 1 amide bonds. The van der Waals surface area contributed by atoms with Gasteiger partial charge in [0.1, 0.15) is 11.5 Å². The number of nitrogens with one attached hydrogen (secondary N) is 1. The first kappa shape index (κ1) is 11.8. The maximum atomic E-state index is 12.6. The Morgan fingerprint density at radius 1 is 1.44 bits per heavy atom. The highest BCUT2D eigenvalue weighted by molar-refractivity contribution is 5.95. The van der Waals surface area contributed by atoms with Gasteiger partial charge in [-0.15, -0.1) is 0 Å². The molecule has 4 heteroatoms. The molecule has 4 nitrogen and oxygen atoms in total. The van der Waals surface area contributed by atoms with Gasteiger partial charge in [0, 0.05) is 25.7 Å². The van der Waals surface area contributed by atoms with Gasteiger partial charge in [0.2, 0.25) is 0 Å². The molecule has 2 aliphatic rings. The molecule has 1 aromatic rings. The standard InChI is InChI=1S/C14H20N2O2/c1-8-4-12(10(3)18-8)14(17)16-7-11-5-15-6-13(11)9(16)2/h4,9,11,13,15H,5-7H2,1-3H3. The van der Waals surface area contributed by atoms with E-state index in [2.05, 4.69) is 12.2 Å². The van der Waals surface area contributed by atoms with E-state index in [0.717, 1.165) is 36.7 Å². The van der Waals surface area contributed by atoms with E-state index in [1.165, 1.54) is 0 Å². The van der Waals surface area contributed by atoms with Crippen LogP contribution in [-0.2, 0) is 0 Å². The van der Waals surface area contributed by atoms with Crippen LogP contribution in [0.25, 0.3) is 0 Å². The van der Waals surface area contributed by atoms with Crippen LogP contribution < -0.4 is 5.32 Å². The summed E-state index contributed by atoms with van der Waals surface area (Å²) in [6.45, 7) is 8.87. The summed E-state index contributed by atoms with van der Waals surface area (Å²) in [7, 11) is 0. The number of hydrogen-bond acceptors (Lipinski definition) is 3. The lowest BCUT2D eigenvalue weighted by molar-refractivity contribution is 0.0727. The zero-order valence-corrected chi connectivity index (χ0v) is 11.2. The van der Waals surface area contributed by atoms with Crippen LogP contribution in [0.4, 0.5) is 0 Å². The van der Waals surface area contributed by atoms with Crippen molar-refractivity contribution in [2.45, 2.75) is 26.8 Å². The van der Waals surface area contributed by atoms with Crippen LogP contribution in [0.15, 0.2) is 10.5 Å². The SMILES string of the molecule is Cc1cc(C(=O)N2CC3CNCC3C2C)c(C)o1. The molecule has 0 saturated carbocycles. The molecule has 0 aliphatic carbocycles. The third kappa shape index (κ3) is 1.67. The number of likely N-dealkylation sites (tertiary alicyclic amines) is 1. The average Bonchev–Trinajstić information content (AvgIpc) is 2.96. The summed E-state index contributed by atoms with van der Waals surface area (Å²) >= 11 is 0. The van der Waals surface area contributed by atoms with Crippen LogP contribution >= 0.6 is 0 Å². The quantitative estimate of drug-likeness (QED) is 0.820. The number of amides is 1. The van der Waals surface area contributed by atoms with Crippen LogP contribution in [0.5, 0.6) is 0 Å². The van der Waals surface area contributed by atoms with E-state index in [9.17, 15) is 4.79 Å². The van der Waals surface area contributed by atoms with Crippen LogP contribution in [0.2, 0.25) is 0 Å². The number of hydrogen-bond donors (Lipinski definition) is 1. The Bertz CT molecular complexity index is 480. The van der Waals surface area contributed by atoms with Crippen LogP contribution in [0.3, 0.4) is 0 Å². The molecule has 2 aliphatic heterocycles. The van der Waals surface area contributed by atoms with Crippen molar-refractivity contribution in [2.24, 2.45) is 11.8 Å². The molecule has 0 aromatic carbocycles. The smallest absolute Gasteiger partial charge is 0.257 e. The molecule has 0 spiro atoms. The highest BCUT2D eigenvalue weighted by Crippen LogP contribution is 2.33. The largest absolute Gasteiger partial charge is 0.466 e. The van der Waals surface area contributed by atoms with Gasteiger partial charge in [0.05, 0.1) is 5.56 Å². The fourth-order valence-corrected chi connectivity index (χ4v) is 3.43. The fourth-order valence-electron chi connectivity index (χ4n) is 3.43. The molecule has 3 rings (SSSR count). The molecule has 1 N–H and O–H groups in total. The molecular weight excluding hydrogens is 228 g/mol. The Kier molecular flexibility index (Phi) is 2.70. The molecule has 3 atom stereocenters. The maximum absolute atomic E-state index is 12.6. The van der Waals surface area contributed by atoms with Crippen molar-refractivity contribution in [2.75, 3.05) is 19.6 Å². The van der Waals surface area contributed by atoms with E-state index in [4.69, 9.17) is 4.42 Å². The normalized spacial score (nSPS) is 30.8. The minimum absolute atomic E-state index is 0.131. The number of carbonyl (C=O) groups excluding carboxylic acids is 1. The summed E-state index contributed by atoms with van der Waals surface area (Å²) in [4.78, 5) is 14.6. The van der Waals surface area contributed by atoms with Gasteiger partial charge in [0.25, 0.3) is 5.91 Å². The van der Waals surface area contributed by atoms with Crippen molar-refractivity contribution in [3.05, 3.63) is 23.2 Å². The van der Waals surface area contributed by atoms with Crippen molar-refractivity contribution in [1.29, 1.82) is 0 Å². The Labute approximate surface area is 107 Å². The minimum Gasteiger partial charge on any atom is -0.466 e. The molecule has 0 radical (unpaired) electrons. The van der Waals surface area contributed by atoms with Crippen molar-refractivity contribution in [1.82, 2.24) is 10.2 Å². The second-order valence-corrected chi connectivity index (χ2v) is 5.61. The first-order valence-corrected chi connectivity index (χ1v) is 6.66. The van der Waals surface area contributed by atoms with E-state index in [0.29, 0.717) is 17.9 Å². The predicted molar refractivity (Wildman–Crippen MR) is 68.5 cm³/mol. The first-order chi connectivity index (χ1) is 8.58. The van der Waals surface area contributed by atoms with Crippen LogP contribution in [0.1, 0.15) is 28.8 Å². The maximum Gasteiger partial charge on any atom is 0.257 e. The van der Waals surface area contributed by atoms with Gasteiger partial charge < -0.3 is 14.6 Å². The molecule has 3 heterocycles. The highest BCUT2D eigenvalue weighted by Gasteiger charge is 2.44. The number of fused-ring (bicyclic) bond motifs is 1. The zero-order chi connectivity index (χ0) is 12.9. The number of rotatable bonds is 1. The lowest BCUT2D eigenvalue weighted by Gasteiger charge is -2.24. The molecular formula is C14H20N2O2. The summed E-state index contributed by atoms with van der Waals surface area (Å²) in [6.07, 6.45) is 0. The molecule has 1 aromatic heterocycles. The van der Waals surface area contributed by atoms with Crippen LogP contribution in [0, 0.1) is 25.7 Å². The van der Waals surface area contributed by atoms with Gasteiger partial charge in [-0.25, -0.2) is 0 Å². The highest BCUT2D eigenvalue weighted by atomic mass is 16.3. The van der Waals surface area contributed by atoms with Crippen molar-refractivity contribution < 1.29 is 9.21 Å². The Hall–Kier alpha value is -1.29. The van der Waals surface area contributed by atoms with Crippen molar-refractivity contribution >= 4 is 5.91 Å². The summed E-state index contributed by atoms with van der Waals surface area (Å²) in [5, 5.41) is 3.41. The zero-order valence-electron chi connectivity index (χ0n) is 11.2. The molecule has 2 saturated heterocycles. The third-order valence-electron chi connectivity index (χ3n) is 4.47.